The van der Waals surface area contributed by atoms with Gasteiger partial charge in [-0.1, -0.05) is 0 Å². The van der Waals surface area contributed by atoms with E-state index in [1.165, 1.54) is 19.2 Å². The van der Waals surface area contributed by atoms with E-state index in [4.69, 9.17) is 14.2 Å². The quantitative estimate of drug-likeness (QED) is 0.656. The molecule has 0 bridgehead atoms. The molecule has 1 N–H and O–H groups in total. The van der Waals surface area contributed by atoms with Crippen LogP contribution in [-0.2, 0) is 9.53 Å². The average Bonchev–Trinajstić information content (AvgIpc) is 2.63. The van der Waals surface area contributed by atoms with Crippen LogP contribution in [0.1, 0.15) is 17.3 Å². The van der Waals surface area contributed by atoms with Crippen molar-refractivity contribution in [2.45, 2.75) is 6.92 Å². The lowest BCUT2D eigenvalue weighted by atomic mass is 10.2. The lowest BCUT2D eigenvalue weighted by molar-refractivity contribution is -0.119. The number of benzene rings is 2. The van der Waals surface area contributed by atoms with Gasteiger partial charge in [-0.05, 0) is 47.1 Å². The SMILES string of the molecule is CCOc1c(Br)cc(C(=O)OCC(=O)Nc2ccc(F)cc2F)cc1OC. The second kappa shape index (κ2) is 9.31. The molecule has 27 heavy (non-hydrogen) atoms. The Bertz CT molecular complexity index is 860. The van der Waals surface area contributed by atoms with Crippen molar-refractivity contribution in [2.75, 3.05) is 25.6 Å². The Morgan fingerprint density at radius 2 is 1.93 bits per heavy atom. The van der Waals surface area contributed by atoms with Gasteiger partial charge in [0.25, 0.3) is 5.91 Å². The first-order chi connectivity index (χ1) is 12.8. The number of rotatable bonds is 7. The summed E-state index contributed by atoms with van der Waals surface area (Å²) in [5.41, 5.74) is -0.0918. The van der Waals surface area contributed by atoms with Crippen LogP contribution in [0, 0.1) is 11.6 Å². The van der Waals surface area contributed by atoms with Gasteiger partial charge >= 0.3 is 5.97 Å². The molecule has 6 nitrogen and oxygen atoms in total. The van der Waals surface area contributed by atoms with E-state index in [-0.39, 0.29) is 11.3 Å². The zero-order chi connectivity index (χ0) is 20.0. The number of hydrogen-bond donors (Lipinski definition) is 1. The fraction of sp³-hybridized carbons (Fsp3) is 0.222. The molecule has 0 atom stereocenters. The van der Waals surface area contributed by atoms with Crippen molar-refractivity contribution in [3.05, 3.63) is 52.0 Å². The summed E-state index contributed by atoms with van der Waals surface area (Å²) < 4.78 is 42.4. The van der Waals surface area contributed by atoms with Crippen LogP contribution in [0.5, 0.6) is 11.5 Å². The monoisotopic (exact) mass is 443 g/mol. The summed E-state index contributed by atoms with van der Waals surface area (Å²) in [5, 5.41) is 2.19. The Kier molecular flexibility index (Phi) is 7.12. The summed E-state index contributed by atoms with van der Waals surface area (Å²) in [6, 6.07) is 5.57. The molecule has 0 saturated carbocycles. The largest absolute Gasteiger partial charge is 0.493 e. The van der Waals surface area contributed by atoms with Crippen molar-refractivity contribution in [1.82, 2.24) is 0 Å². The number of methoxy groups -OCH3 is 1. The van der Waals surface area contributed by atoms with E-state index in [2.05, 4.69) is 21.2 Å². The minimum Gasteiger partial charge on any atom is -0.493 e. The molecule has 0 heterocycles. The fourth-order valence-corrected chi connectivity index (χ4v) is 2.67. The zero-order valence-electron chi connectivity index (χ0n) is 14.5. The van der Waals surface area contributed by atoms with Crippen LogP contribution in [0.3, 0.4) is 0 Å². The van der Waals surface area contributed by atoms with E-state index in [0.717, 1.165) is 12.1 Å². The van der Waals surface area contributed by atoms with Gasteiger partial charge in [-0.25, -0.2) is 13.6 Å². The maximum atomic E-state index is 13.5. The molecular weight excluding hydrogens is 428 g/mol. The second-order valence-electron chi connectivity index (χ2n) is 5.17. The van der Waals surface area contributed by atoms with Crippen molar-refractivity contribution in [3.8, 4) is 11.5 Å². The van der Waals surface area contributed by atoms with Crippen LogP contribution in [0.25, 0.3) is 0 Å². The normalized spacial score (nSPS) is 10.3. The highest BCUT2D eigenvalue weighted by molar-refractivity contribution is 9.10. The Hall–Kier alpha value is -2.68. The van der Waals surface area contributed by atoms with Crippen molar-refractivity contribution in [1.29, 1.82) is 0 Å². The molecule has 0 fully saturated rings. The third kappa shape index (κ3) is 5.40. The second-order valence-corrected chi connectivity index (χ2v) is 6.03. The Morgan fingerprint density at radius 1 is 1.19 bits per heavy atom. The lowest BCUT2D eigenvalue weighted by Gasteiger charge is -2.13. The highest BCUT2D eigenvalue weighted by Gasteiger charge is 2.17. The van der Waals surface area contributed by atoms with Gasteiger partial charge < -0.3 is 19.5 Å². The summed E-state index contributed by atoms with van der Waals surface area (Å²) in [6.45, 7) is 1.55. The Labute approximate surface area is 162 Å². The first-order valence-corrected chi connectivity index (χ1v) is 8.57. The lowest BCUT2D eigenvalue weighted by Crippen LogP contribution is -2.21. The molecule has 2 rings (SSSR count). The van der Waals surface area contributed by atoms with Crippen LogP contribution in [0.4, 0.5) is 14.5 Å². The molecule has 0 saturated heterocycles. The van der Waals surface area contributed by atoms with E-state index in [9.17, 15) is 18.4 Å². The summed E-state index contributed by atoms with van der Waals surface area (Å²) in [7, 11) is 1.42. The van der Waals surface area contributed by atoms with Crippen LogP contribution in [0.15, 0.2) is 34.8 Å². The third-order valence-corrected chi connectivity index (χ3v) is 3.88. The number of hydrogen-bond acceptors (Lipinski definition) is 5. The molecule has 0 aliphatic heterocycles. The Morgan fingerprint density at radius 3 is 2.56 bits per heavy atom. The van der Waals surface area contributed by atoms with Gasteiger partial charge in [0.05, 0.1) is 29.4 Å². The van der Waals surface area contributed by atoms with Gasteiger partial charge in [-0.3, -0.25) is 4.79 Å². The van der Waals surface area contributed by atoms with Crippen LogP contribution < -0.4 is 14.8 Å². The molecule has 0 aliphatic rings. The van der Waals surface area contributed by atoms with Crippen LogP contribution >= 0.6 is 15.9 Å². The maximum Gasteiger partial charge on any atom is 0.338 e. The van der Waals surface area contributed by atoms with E-state index < -0.39 is 30.1 Å². The van der Waals surface area contributed by atoms with E-state index in [1.807, 2.05) is 0 Å². The molecule has 9 heteroatoms. The molecule has 2 aromatic rings. The van der Waals surface area contributed by atoms with Crippen molar-refractivity contribution < 1.29 is 32.6 Å². The van der Waals surface area contributed by atoms with Gasteiger partial charge in [0.1, 0.15) is 11.6 Å². The summed E-state index contributed by atoms with van der Waals surface area (Å²) in [6.07, 6.45) is 0. The number of halogens is 3. The van der Waals surface area contributed by atoms with Gasteiger partial charge in [0.2, 0.25) is 0 Å². The smallest absolute Gasteiger partial charge is 0.338 e. The van der Waals surface area contributed by atoms with Gasteiger partial charge in [-0.15, -0.1) is 0 Å². The number of nitrogens with one attached hydrogen (secondary N) is 1. The van der Waals surface area contributed by atoms with Gasteiger partial charge in [0, 0.05) is 6.07 Å². The van der Waals surface area contributed by atoms with E-state index in [0.29, 0.717) is 28.6 Å². The molecule has 0 radical (unpaired) electrons. The number of ether oxygens (including phenoxy) is 3. The molecule has 1 amide bonds. The van der Waals surface area contributed by atoms with E-state index >= 15 is 0 Å². The summed E-state index contributed by atoms with van der Waals surface area (Å²) in [5.74, 6) is -2.52. The van der Waals surface area contributed by atoms with E-state index in [1.54, 1.807) is 6.92 Å². The van der Waals surface area contributed by atoms with Crippen molar-refractivity contribution >= 4 is 33.5 Å². The Balaban J connectivity index is 2.02. The predicted octanol–water partition coefficient (Wildman–Crippen LogP) is 3.93. The van der Waals surface area contributed by atoms with Gasteiger partial charge in [0.15, 0.2) is 18.1 Å². The first-order valence-electron chi connectivity index (χ1n) is 7.78. The molecule has 0 aromatic heterocycles. The minimum atomic E-state index is -0.935. The van der Waals surface area contributed by atoms with Gasteiger partial charge in [-0.2, -0.15) is 0 Å². The maximum absolute atomic E-state index is 13.5. The fourth-order valence-electron chi connectivity index (χ4n) is 2.11. The summed E-state index contributed by atoms with van der Waals surface area (Å²) in [4.78, 5) is 24.0. The highest BCUT2D eigenvalue weighted by atomic mass is 79.9. The molecule has 0 unspecified atom stereocenters. The standard InChI is InChI=1S/C18H16BrF2NO5/c1-3-26-17-12(19)6-10(7-15(17)25-2)18(24)27-9-16(23)22-14-5-4-11(20)8-13(14)21/h4-8H,3,9H2,1-2H3,(H,22,23). The molecule has 144 valence electrons. The van der Waals surface area contributed by atoms with Crippen LogP contribution in [0.2, 0.25) is 0 Å². The number of amides is 1. The van der Waals surface area contributed by atoms with Crippen LogP contribution in [-0.4, -0.2) is 32.2 Å². The number of carbonyl (C=O) groups excluding carboxylic acids is 2. The molecule has 0 aliphatic carbocycles. The highest BCUT2D eigenvalue weighted by Crippen LogP contribution is 2.36. The minimum absolute atomic E-state index is 0.128. The number of carbonyl (C=O) groups is 2. The topological polar surface area (TPSA) is 73.9 Å². The predicted molar refractivity (Wildman–Crippen MR) is 97.1 cm³/mol. The van der Waals surface area contributed by atoms with Crippen molar-refractivity contribution in [2.24, 2.45) is 0 Å². The molecule has 2 aromatic carbocycles. The molecule has 0 spiro atoms. The zero-order valence-corrected chi connectivity index (χ0v) is 16.1. The third-order valence-electron chi connectivity index (χ3n) is 3.29. The first kappa shape index (κ1) is 20.6. The van der Waals surface area contributed by atoms with Crippen molar-refractivity contribution in [3.63, 3.8) is 0 Å². The number of anilines is 1. The number of esters is 1. The molecular formula is C18H16BrF2NO5. The average molecular weight is 444 g/mol. The summed E-state index contributed by atoms with van der Waals surface area (Å²) >= 11 is 3.28.